The molecule has 0 atom stereocenters. The number of amides is 1. The van der Waals surface area contributed by atoms with Crippen molar-refractivity contribution in [3.63, 3.8) is 0 Å². The molecule has 0 aliphatic heterocycles. The zero-order chi connectivity index (χ0) is 12.7. The van der Waals surface area contributed by atoms with Gasteiger partial charge in [-0.2, -0.15) is 0 Å². The molecule has 4 N–H and O–H groups in total. The molecular weight excluding hydrogens is 218 g/mol. The first-order valence-electron chi connectivity index (χ1n) is 6.43. The molecule has 5 heteroatoms. The van der Waals surface area contributed by atoms with Gasteiger partial charge in [-0.1, -0.05) is 37.8 Å². The Morgan fingerprint density at radius 1 is 1.41 bits per heavy atom. The summed E-state index contributed by atoms with van der Waals surface area (Å²) >= 11 is 0. The number of amidine groups is 1. The Bertz CT molecular complexity index is 283. The Morgan fingerprint density at radius 2 is 2.06 bits per heavy atom. The Labute approximate surface area is 102 Å². The predicted octanol–water partition coefficient (Wildman–Crippen LogP) is 1.74. The van der Waals surface area contributed by atoms with Crippen molar-refractivity contribution in [3.05, 3.63) is 0 Å². The molecule has 0 aromatic carbocycles. The first-order chi connectivity index (χ1) is 8.14. The molecule has 1 rings (SSSR count). The first-order valence-corrected chi connectivity index (χ1v) is 6.43. The van der Waals surface area contributed by atoms with Gasteiger partial charge in [0.1, 0.15) is 5.54 Å². The molecule has 0 aromatic heterocycles. The van der Waals surface area contributed by atoms with E-state index in [0.717, 1.165) is 44.9 Å². The highest BCUT2D eigenvalue weighted by Gasteiger charge is 2.37. The largest absolute Gasteiger partial charge is 0.409 e. The maximum absolute atomic E-state index is 11.8. The summed E-state index contributed by atoms with van der Waals surface area (Å²) in [5.74, 6) is 0.141. The standard InChI is InChI=1S/C12H23N3O2/c1-2-3-7-10(16)14-12(11(13)15-17)8-5-4-6-9-12/h17H,2-9H2,1H3,(H2,13,15)(H,14,16). The van der Waals surface area contributed by atoms with Gasteiger partial charge in [0, 0.05) is 6.42 Å². The van der Waals surface area contributed by atoms with Crippen LogP contribution in [0.25, 0.3) is 0 Å². The monoisotopic (exact) mass is 241 g/mol. The van der Waals surface area contributed by atoms with E-state index in [9.17, 15) is 4.79 Å². The fourth-order valence-corrected chi connectivity index (χ4v) is 2.36. The van der Waals surface area contributed by atoms with E-state index in [1.807, 2.05) is 6.92 Å². The molecule has 98 valence electrons. The number of hydrogen-bond donors (Lipinski definition) is 3. The van der Waals surface area contributed by atoms with Crippen molar-refractivity contribution in [1.29, 1.82) is 0 Å². The van der Waals surface area contributed by atoms with Gasteiger partial charge in [0.25, 0.3) is 0 Å². The van der Waals surface area contributed by atoms with E-state index < -0.39 is 5.54 Å². The number of nitrogens with one attached hydrogen (secondary N) is 1. The summed E-state index contributed by atoms with van der Waals surface area (Å²) in [4.78, 5) is 11.8. The second kappa shape index (κ2) is 6.47. The minimum absolute atomic E-state index is 0.000324. The Morgan fingerprint density at radius 3 is 2.59 bits per heavy atom. The number of hydrogen-bond acceptors (Lipinski definition) is 3. The summed E-state index contributed by atoms with van der Waals surface area (Å²) in [6.07, 6.45) is 7.06. The van der Waals surface area contributed by atoms with Crippen molar-refractivity contribution in [1.82, 2.24) is 5.32 Å². The van der Waals surface area contributed by atoms with Crippen LogP contribution in [0.1, 0.15) is 58.3 Å². The van der Waals surface area contributed by atoms with Crippen molar-refractivity contribution in [2.24, 2.45) is 10.9 Å². The van der Waals surface area contributed by atoms with Crippen molar-refractivity contribution >= 4 is 11.7 Å². The van der Waals surface area contributed by atoms with E-state index in [-0.39, 0.29) is 11.7 Å². The third-order valence-corrected chi connectivity index (χ3v) is 3.44. The number of rotatable bonds is 5. The van der Waals surface area contributed by atoms with Crippen LogP contribution >= 0.6 is 0 Å². The topological polar surface area (TPSA) is 87.7 Å². The molecule has 1 aliphatic rings. The second-order valence-electron chi connectivity index (χ2n) is 4.78. The van der Waals surface area contributed by atoms with Crippen LogP contribution in [-0.2, 0) is 4.79 Å². The van der Waals surface area contributed by atoms with Gasteiger partial charge in [0.05, 0.1) is 0 Å². The van der Waals surface area contributed by atoms with Gasteiger partial charge in [0.15, 0.2) is 5.84 Å². The molecule has 5 nitrogen and oxygen atoms in total. The number of nitrogens with zero attached hydrogens (tertiary/aromatic N) is 1. The number of carbonyl (C=O) groups excluding carboxylic acids is 1. The molecule has 0 unspecified atom stereocenters. The Kier molecular flexibility index (Phi) is 5.25. The summed E-state index contributed by atoms with van der Waals surface area (Å²) in [5.41, 5.74) is 5.13. The molecular formula is C12H23N3O2. The van der Waals surface area contributed by atoms with Crippen LogP contribution in [0, 0.1) is 0 Å². The van der Waals surface area contributed by atoms with E-state index in [0.29, 0.717) is 6.42 Å². The number of unbranched alkanes of at least 4 members (excludes halogenated alkanes) is 1. The lowest BCUT2D eigenvalue weighted by atomic mass is 9.80. The highest BCUT2D eigenvalue weighted by Crippen LogP contribution is 2.28. The van der Waals surface area contributed by atoms with Gasteiger partial charge in [-0.15, -0.1) is 0 Å². The van der Waals surface area contributed by atoms with Gasteiger partial charge < -0.3 is 16.3 Å². The quantitative estimate of drug-likeness (QED) is 0.296. The summed E-state index contributed by atoms with van der Waals surface area (Å²) < 4.78 is 0. The smallest absolute Gasteiger partial charge is 0.220 e. The van der Waals surface area contributed by atoms with Crippen LogP contribution in [0.2, 0.25) is 0 Å². The van der Waals surface area contributed by atoms with Crippen molar-refractivity contribution in [3.8, 4) is 0 Å². The highest BCUT2D eigenvalue weighted by molar-refractivity contribution is 5.93. The average Bonchev–Trinajstić information content (AvgIpc) is 2.36. The maximum atomic E-state index is 11.8. The minimum atomic E-state index is -0.613. The van der Waals surface area contributed by atoms with E-state index in [4.69, 9.17) is 10.9 Å². The van der Waals surface area contributed by atoms with Gasteiger partial charge in [0.2, 0.25) is 5.91 Å². The molecule has 0 aromatic rings. The fourth-order valence-electron chi connectivity index (χ4n) is 2.36. The van der Waals surface area contributed by atoms with Gasteiger partial charge in [-0.25, -0.2) is 0 Å². The van der Waals surface area contributed by atoms with Gasteiger partial charge in [-0.3, -0.25) is 4.79 Å². The lowest BCUT2D eigenvalue weighted by molar-refractivity contribution is -0.122. The zero-order valence-electron chi connectivity index (χ0n) is 10.5. The number of carbonyl (C=O) groups is 1. The van der Waals surface area contributed by atoms with Crippen molar-refractivity contribution in [2.45, 2.75) is 63.8 Å². The number of nitrogens with two attached hydrogens (primary N) is 1. The summed E-state index contributed by atoms with van der Waals surface area (Å²) in [6, 6.07) is 0. The molecule has 1 saturated carbocycles. The normalized spacial score (nSPS) is 19.9. The molecule has 1 fully saturated rings. The predicted molar refractivity (Wildman–Crippen MR) is 66.9 cm³/mol. The van der Waals surface area contributed by atoms with Crippen LogP contribution < -0.4 is 11.1 Å². The van der Waals surface area contributed by atoms with Crippen molar-refractivity contribution < 1.29 is 10.0 Å². The minimum Gasteiger partial charge on any atom is -0.409 e. The molecule has 0 bridgehead atoms. The average molecular weight is 241 g/mol. The third-order valence-electron chi connectivity index (χ3n) is 3.44. The van der Waals surface area contributed by atoms with Crippen LogP contribution in [0.15, 0.2) is 5.16 Å². The summed E-state index contributed by atoms with van der Waals surface area (Å²) in [6.45, 7) is 2.05. The van der Waals surface area contributed by atoms with Crippen LogP contribution in [0.3, 0.4) is 0 Å². The van der Waals surface area contributed by atoms with Crippen LogP contribution in [-0.4, -0.2) is 22.5 Å². The van der Waals surface area contributed by atoms with Crippen LogP contribution in [0.4, 0.5) is 0 Å². The Hall–Kier alpha value is -1.26. The molecule has 1 aliphatic carbocycles. The van der Waals surface area contributed by atoms with E-state index in [1.54, 1.807) is 0 Å². The Balaban J connectivity index is 2.67. The number of oxime groups is 1. The molecule has 17 heavy (non-hydrogen) atoms. The third kappa shape index (κ3) is 3.61. The van der Waals surface area contributed by atoms with Crippen LogP contribution in [0.5, 0.6) is 0 Å². The summed E-state index contributed by atoms with van der Waals surface area (Å²) in [7, 11) is 0. The van der Waals surface area contributed by atoms with E-state index >= 15 is 0 Å². The highest BCUT2D eigenvalue weighted by atomic mass is 16.4. The lowest BCUT2D eigenvalue weighted by Crippen LogP contribution is -2.58. The van der Waals surface area contributed by atoms with Crippen molar-refractivity contribution in [2.75, 3.05) is 0 Å². The second-order valence-corrected chi connectivity index (χ2v) is 4.78. The molecule has 1 amide bonds. The first kappa shape index (κ1) is 13.8. The summed E-state index contributed by atoms with van der Waals surface area (Å²) in [5, 5.41) is 14.9. The van der Waals surface area contributed by atoms with E-state index in [1.165, 1.54) is 0 Å². The SMILES string of the molecule is CCCCC(=O)NC1(/C(N)=N/O)CCCCC1. The van der Waals surface area contributed by atoms with Gasteiger partial charge in [-0.05, 0) is 19.3 Å². The molecule has 0 saturated heterocycles. The fraction of sp³-hybridized carbons (Fsp3) is 0.833. The lowest BCUT2D eigenvalue weighted by Gasteiger charge is -2.36. The maximum Gasteiger partial charge on any atom is 0.220 e. The van der Waals surface area contributed by atoms with Gasteiger partial charge >= 0.3 is 0 Å². The molecule has 0 heterocycles. The molecule has 0 spiro atoms. The van der Waals surface area contributed by atoms with E-state index in [2.05, 4.69) is 10.5 Å². The molecule has 0 radical (unpaired) electrons. The zero-order valence-corrected chi connectivity index (χ0v) is 10.5.